The van der Waals surface area contributed by atoms with E-state index in [1.54, 1.807) is 23.1 Å². The van der Waals surface area contributed by atoms with Crippen molar-refractivity contribution >= 4 is 44.6 Å². The van der Waals surface area contributed by atoms with E-state index < -0.39 is 27.0 Å². The molecule has 228 valence electrons. The summed E-state index contributed by atoms with van der Waals surface area (Å²) in [7, 11) is -5.86. The minimum Gasteiger partial charge on any atom is -0.444 e. The molecule has 0 bridgehead atoms. The topological polar surface area (TPSA) is 115 Å². The van der Waals surface area contributed by atoms with E-state index in [-0.39, 0.29) is 11.1 Å². The normalized spacial score (nSPS) is 14.7. The van der Waals surface area contributed by atoms with Crippen molar-refractivity contribution in [3.63, 3.8) is 0 Å². The molecule has 0 spiro atoms. The Bertz CT molecular complexity index is 1760. The van der Waals surface area contributed by atoms with Gasteiger partial charge >= 0.3 is 27.7 Å². The van der Waals surface area contributed by atoms with E-state index in [0.717, 1.165) is 17.2 Å². The summed E-state index contributed by atoms with van der Waals surface area (Å²) in [5, 5.41) is 4.73. The molecule has 1 saturated heterocycles. The standard InChI is InChI=1S/C28H26ClF3N4O6S/c1-27(2,3)40-26(37)36-14-12-35(13-15-36)25-33-24(34-41-25)18-6-4-17(5-7-18)19-8-10-21-20(16-19)9-11-22(23(21)29)42-43(38,39)28(30,31)32/h4-11,16H,12-15H2,1-3H3. The Labute approximate surface area is 250 Å². The van der Waals surface area contributed by atoms with Gasteiger partial charge in [-0.3, -0.25) is 0 Å². The average molecular weight is 639 g/mol. The zero-order valence-electron chi connectivity index (χ0n) is 23.2. The number of benzene rings is 3. The number of fused-ring (bicyclic) bond motifs is 1. The molecule has 0 atom stereocenters. The lowest BCUT2D eigenvalue weighted by Crippen LogP contribution is -2.50. The first-order valence-corrected chi connectivity index (χ1v) is 14.8. The summed E-state index contributed by atoms with van der Waals surface area (Å²) < 4.78 is 76.1. The van der Waals surface area contributed by atoms with Crippen LogP contribution in [0.25, 0.3) is 33.3 Å². The number of alkyl halides is 3. The summed E-state index contributed by atoms with van der Waals surface area (Å²) in [4.78, 5) is 20.4. The largest absolute Gasteiger partial charge is 0.534 e. The number of ether oxygens (including phenoxy) is 1. The average Bonchev–Trinajstić information content (AvgIpc) is 3.43. The first kappa shape index (κ1) is 30.4. The van der Waals surface area contributed by atoms with Gasteiger partial charge in [0.05, 0.1) is 5.02 Å². The van der Waals surface area contributed by atoms with Gasteiger partial charge in [0.25, 0.3) is 0 Å². The van der Waals surface area contributed by atoms with Crippen molar-refractivity contribution in [3.8, 4) is 28.3 Å². The van der Waals surface area contributed by atoms with E-state index in [2.05, 4.69) is 14.3 Å². The molecule has 0 N–H and O–H groups in total. The molecule has 15 heteroatoms. The molecule has 0 saturated carbocycles. The summed E-state index contributed by atoms with van der Waals surface area (Å²) in [6.07, 6.45) is -0.358. The maximum atomic E-state index is 12.7. The molecule has 1 fully saturated rings. The van der Waals surface area contributed by atoms with Crippen LogP contribution in [-0.4, -0.2) is 66.8 Å². The highest BCUT2D eigenvalue weighted by Gasteiger charge is 2.48. The fourth-order valence-electron chi connectivity index (χ4n) is 4.36. The highest BCUT2D eigenvalue weighted by molar-refractivity contribution is 7.88. The number of aromatic nitrogens is 2. The Morgan fingerprint density at radius 2 is 1.56 bits per heavy atom. The molecule has 0 aliphatic carbocycles. The number of piperazine rings is 1. The smallest absolute Gasteiger partial charge is 0.444 e. The van der Waals surface area contributed by atoms with Crippen LogP contribution in [0.3, 0.4) is 0 Å². The van der Waals surface area contributed by atoms with Crippen molar-refractivity contribution in [2.45, 2.75) is 31.9 Å². The SMILES string of the molecule is CC(C)(C)OC(=O)N1CCN(c2nc(-c3ccc(-c4ccc5c(Cl)c(OS(=O)(=O)C(F)(F)F)ccc5c4)cc3)no2)CC1. The molecule has 4 aromatic rings. The number of nitrogens with zero attached hydrogens (tertiary/aromatic N) is 4. The number of halogens is 4. The van der Waals surface area contributed by atoms with E-state index in [9.17, 15) is 26.4 Å². The Hall–Kier alpha value is -4.04. The minimum atomic E-state index is -5.86. The summed E-state index contributed by atoms with van der Waals surface area (Å²) >= 11 is 6.18. The van der Waals surface area contributed by atoms with Gasteiger partial charge in [0.15, 0.2) is 5.75 Å². The Morgan fingerprint density at radius 3 is 2.19 bits per heavy atom. The van der Waals surface area contributed by atoms with Crippen LogP contribution in [0, 0.1) is 0 Å². The van der Waals surface area contributed by atoms with Gasteiger partial charge in [0.2, 0.25) is 5.82 Å². The van der Waals surface area contributed by atoms with E-state index >= 15 is 0 Å². The number of anilines is 1. The van der Waals surface area contributed by atoms with Crippen LogP contribution in [-0.2, 0) is 14.9 Å². The maximum Gasteiger partial charge on any atom is 0.534 e. The third kappa shape index (κ3) is 6.64. The third-order valence-electron chi connectivity index (χ3n) is 6.50. The first-order valence-electron chi connectivity index (χ1n) is 13.0. The van der Waals surface area contributed by atoms with Gasteiger partial charge in [0.1, 0.15) is 5.60 Å². The third-order valence-corrected chi connectivity index (χ3v) is 7.85. The fourth-order valence-corrected chi connectivity index (χ4v) is 5.15. The summed E-state index contributed by atoms with van der Waals surface area (Å²) in [5.74, 6) is -0.226. The van der Waals surface area contributed by atoms with E-state index in [0.29, 0.717) is 54.4 Å². The van der Waals surface area contributed by atoms with Crippen LogP contribution >= 0.6 is 11.6 Å². The summed E-state index contributed by atoms with van der Waals surface area (Å²) in [5.41, 5.74) is -3.83. The molecule has 1 aromatic heterocycles. The van der Waals surface area contributed by atoms with Gasteiger partial charge in [0, 0.05) is 37.1 Å². The number of carbonyl (C=O) groups excluding carboxylic acids is 1. The van der Waals surface area contributed by atoms with E-state index in [4.69, 9.17) is 20.9 Å². The van der Waals surface area contributed by atoms with Crippen molar-refractivity contribution in [2.24, 2.45) is 0 Å². The van der Waals surface area contributed by atoms with Crippen molar-refractivity contribution in [3.05, 3.63) is 59.6 Å². The van der Waals surface area contributed by atoms with Crippen molar-refractivity contribution in [2.75, 3.05) is 31.1 Å². The van der Waals surface area contributed by atoms with Gasteiger partial charge in [-0.15, -0.1) is 0 Å². The highest BCUT2D eigenvalue weighted by Crippen LogP contribution is 2.38. The highest BCUT2D eigenvalue weighted by atomic mass is 35.5. The number of carbonyl (C=O) groups is 1. The predicted octanol–water partition coefficient (Wildman–Crippen LogP) is 6.50. The van der Waals surface area contributed by atoms with Crippen LogP contribution in [0.2, 0.25) is 5.02 Å². The molecule has 1 aliphatic rings. The molecule has 10 nitrogen and oxygen atoms in total. The number of amides is 1. The van der Waals surface area contributed by atoms with Gasteiger partial charge in [-0.05, 0) is 49.4 Å². The van der Waals surface area contributed by atoms with Crippen LogP contribution < -0.4 is 9.08 Å². The predicted molar refractivity (Wildman–Crippen MR) is 153 cm³/mol. The molecule has 1 amide bonds. The Kier molecular flexibility index (Phi) is 7.94. The quantitative estimate of drug-likeness (QED) is 0.179. The fraction of sp³-hybridized carbons (Fsp3) is 0.321. The zero-order valence-corrected chi connectivity index (χ0v) is 24.8. The molecule has 0 unspecified atom stereocenters. The van der Waals surface area contributed by atoms with Crippen LogP contribution in [0.4, 0.5) is 24.0 Å². The molecular weight excluding hydrogens is 613 g/mol. The van der Waals surface area contributed by atoms with Gasteiger partial charge < -0.3 is 23.2 Å². The van der Waals surface area contributed by atoms with Gasteiger partial charge in [-0.1, -0.05) is 59.2 Å². The Balaban J connectivity index is 1.27. The van der Waals surface area contributed by atoms with E-state index in [1.165, 1.54) is 6.07 Å². The van der Waals surface area contributed by atoms with Gasteiger partial charge in [-0.2, -0.15) is 26.6 Å². The monoisotopic (exact) mass is 638 g/mol. The first-order chi connectivity index (χ1) is 20.1. The lowest BCUT2D eigenvalue weighted by molar-refractivity contribution is -0.0500. The zero-order chi connectivity index (χ0) is 31.2. The van der Waals surface area contributed by atoms with Crippen LogP contribution in [0.15, 0.2) is 59.1 Å². The minimum absolute atomic E-state index is 0.258. The van der Waals surface area contributed by atoms with Crippen molar-refractivity contribution in [1.29, 1.82) is 0 Å². The van der Waals surface area contributed by atoms with E-state index in [1.807, 2.05) is 49.9 Å². The second-order valence-electron chi connectivity index (χ2n) is 10.7. The lowest BCUT2D eigenvalue weighted by atomic mass is 10.00. The molecule has 0 radical (unpaired) electrons. The number of hydrogen-bond acceptors (Lipinski definition) is 9. The Morgan fingerprint density at radius 1 is 0.930 bits per heavy atom. The lowest BCUT2D eigenvalue weighted by Gasteiger charge is -2.34. The molecule has 5 rings (SSSR count). The molecule has 1 aliphatic heterocycles. The second-order valence-corrected chi connectivity index (χ2v) is 12.6. The molecule has 43 heavy (non-hydrogen) atoms. The second kappa shape index (κ2) is 11.2. The number of rotatable bonds is 5. The number of hydrogen-bond donors (Lipinski definition) is 0. The van der Waals surface area contributed by atoms with Crippen molar-refractivity contribution in [1.82, 2.24) is 15.0 Å². The van der Waals surface area contributed by atoms with Crippen LogP contribution in [0.1, 0.15) is 20.8 Å². The molecule has 2 heterocycles. The summed E-state index contributed by atoms with van der Waals surface area (Å²) in [6.45, 7) is 7.40. The van der Waals surface area contributed by atoms with Gasteiger partial charge in [-0.25, -0.2) is 4.79 Å². The summed E-state index contributed by atoms with van der Waals surface area (Å²) in [6, 6.07) is 15.2. The molecular formula is C28H26ClF3N4O6S. The molecule has 3 aromatic carbocycles. The maximum absolute atomic E-state index is 12.7. The van der Waals surface area contributed by atoms with Crippen LogP contribution in [0.5, 0.6) is 5.75 Å². The van der Waals surface area contributed by atoms with Crippen molar-refractivity contribution < 1.29 is 39.8 Å².